The van der Waals surface area contributed by atoms with Crippen LogP contribution < -0.4 is 10.1 Å². The van der Waals surface area contributed by atoms with Crippen LogP contribution in [0.5, 0.6) is 5.75 Å². The van der Waals surface area contributed by atoms with E-state index in [0.717, 1.165) is 23.0 Å². The molecular formula is C20H15F3N4O3. The third-order valence-electron chi connectivity index (χ3n) is 4.23. The summed E-state index contributed by atoms with van der Waals surface area (Å²) in [4.78, 5) is 12.5. The molecule has 4 aromatic rings. The molecule has 10 heteroatoms. The van der Waals surface area contributed by atoms with E-state index in [4.69, 9.17) is 4.42 Å². The van der Waals surface area contributed by atoms with Crippen LogP contribution in [0.1, 0.15) is 5.89 Å². The number of benzene rings is 2. The van der Waals surface area contributed by atoms with Crippen LogP contribution in [-0.4, -0.2) is 27.0 Å². The molecule has 30 heavy (non-hydrogen) atoms. The summed E-state index contributed by atoms with van der Waals surface area (Å²) in [6, 6.07) is 12.4. The molecule has 7 nitrogen and oxygen atoms in total. The number of fused-ring (bicyclic) bond motifs is 1. The number of hydrogen-bond acceptors (Lipinski definition) is 5. The Hall–Kier alpha value is -3.82. The lowest BCUT2D eigenvalue weighted by atomic mass is 10.2. The first-order chi connectivity index (χ1) is 14.3. The highest BCUT2D eigenvalue weighted by Crippen LogP contribution is 2.30. The molecule has 1 N–H and O–H groups in total. The first-order valence-corrected chi connectivity index (χ1v) is 8.82. The van der Waals surface area contributed by atoms with Crippen molar-refractivity contribution in [1.82, 2.24) is 14.8 Å². The molecule has 4 rings (SSSR count). The number of ether oxygens (including phenoxy) is 1. The van der Waals surface area contributed by atoms with Crippen LogP contribution in [0.15, 0.2) is 59.1 Å². The Morgan fingerprint density at radius 1 is 1.13 bits per heavy atom. The third kappa shape index (κ3) is 4.27. The minimum Gasteiger partial charge on any atom is -0.421 e. The van der Waals surface area contributed by atoms with Crippen molar-refractivity contribution in [2.75, 3.05) is 5.32 Å². The summed E-state index contributed by atoms with van der Waals surface area (Å²) in [5.74, 6) is 0.0607. The van der Waals surface area contributed by atoms with E-state index < -0.39 is 6.36 Å². The summed E-state index contributed by atoms with van der Waals surface area (Å²) in [6.45, 7) is 1.67. The maximum Gasteiger partial charge on any atom is 0.573 e. The fraction of sp³-hybridized carbons (Fsp3) is 0.150. The summed E-state index contributed by atoms with van der Waals surface area (Å²) in [6.07, 6.45) is -3.02. The standard InChI is InChI=1S/C20H15F3N4O3/c1-12-25-26-19(29-12)16-10-27(17-5-3-2-4-15(16)17)11-18(28)24-13-6-8-14(9-7-13)30-20(21,22)23/h2-10H,11H2,1H3,(H,24,28). The number of nitrogens with zero attached hydrogens (tertiary/aromatic N) is 3. The molecule has 0 atom stereocenters. The molecule has 2 heterocycles. The summed E-state index contributed by atoms with van der Waals surface area (Å²) in [5.41, 5.74) is 1.85. The van der Waals surface area contributed by atoms with E-state index >= 15 is 0 Å². The molecule has 0 radical (unpaired) electrons. The van der Waals surface area contributed by atoms with Crippen molar-refractivity contribution in [3.05, 3.63) is 60.6 Å². The largest absolute Gasteiger partial charge is 0.573 e. The first-order valence-electron chi connectivity index (χ1n) is 8.82. The third-order valence-corrected chi connectivity index (χ3v) is 4.23. The van der Waals surface area contributed by atoms with Crippen LogP contribution in [0.2, 0.25) is 0 Å². The van der Waals surface area contributed by atoms with Crippen molar-refractivity contribution >= 4 is 22.5 Å². The molecule has 0 saturated carbocycles. The van der Waals surface area contributed by atoms with E-state index in [1.54, 1.807) is 17.7 Å². The average Bonchev–Trinajstić information content (AvgIpc) is 3.26. The van der Waals surface area contributed by atoms with Gasteiger partial charge in [0.15, 0.2) is 0 Å². The van der Waals surface area contributed by atoms with Crippen LogP contribution in [-0.2, 0) is 11.3 Å². The smallest absolute Gasteiger partial charge is 0.421 e. The number of para-hydroxylation sites is 1. The Morgan fingerprint density at radius 3 is 2.53 bits per heavy atom. The molecule has 0 bridgehead atoms. The highest BCUT2D eigenvalue weighted by Gasteiger charge is 2.31. The predicted molar refractivity (Wildman–Crippen MR) is 102 cm³/mol. The van der Waals surface area contributed by atoms with Crippen molar-refractivity contribution in [2.45, 2.75) is 19.8 Å². The number of rotatable bonds is 5. The van der Waals surface area contributed by atoms with Crippen LogP contribution in [0.25, 0.3) is 22.4 Å². The number of carbonyl (C=O) groups is 1. The molecule has 0 aliphatic heterocycles. The molecule has 1 amide bonds. The molecule has 0 aliphatic carbocycles. The minimum absolute atomic E-state index is 0.0194. The maximum absolute atomic E-state index is 12.5. The van der Waals surface area contributed by atoms with Gasteiger partial charge in [0.25, 0.3) is 0 Å². The zero-order valence-corrected chi connectivity index (χ0v) is 15.6. The SMILES string of the molecule is Cc1nnc(-c2cn(CC(=O)Nc3ccc(OC(F)(F)F)cc3)c3ccccc23)o1. The van der Waals surface area contributed by atoms with E-state index in [1.807, 2.05) is 24.3 Å². The topological polar surface area (TPSA) is 82.2 Å². The zero-order chi connectivity index (χ0) is 21.3. The molecule has 0 fully saturated rings. The lowest BCUT2D eigenvalue weighted by Crippen LogP contribution is -2.18. The maximum atomic E-state index is 12.5. The molecule has 0 aliphatic rings. The van der Waals surface area contributed by atoms with Gasteiger partial charge in [0.1, 0.15) is 12.3 Å². The van der Waals surface area contributed by atoms with Gasteiger partial charge in [0.05, 0.1) is 5.56 Å². The van der Waals surface area contributed by atoms with Crippen LogP contribution >= 0.6 is 0 Å². The lowest BCUT2D eigenvalue weighted by Gasteiger charge is -2.10. The number of amides is 1. The average molecular weight is 416 g/mol. The van der Waals surface area contributed by atoms with Gasteiger partial charge in [-0.2, -0.15) is 0 Å². The summed E-state index contributed by atoms with van der Waals surface area (Å²) in [7, 11) is 0. The minimum atomic E-state index is -4.77. The highest BCUT2D eigenvalue weighted by molar-refractivity contribution is 5.96. The monoisotopic (exact) mass is 416 g/mol. The quantitative estimate of drug-likeness (QED) is 0.517. The molecule has 2 aromatic heterocycles. The second-order valence-corrected chi connectivity index (χ2v) is 6.43. The summed E-state index contributed by atoms with van der Waals surface area (Å²) in [5, 5.41) is 11.4. The highest BCUT2D eigenvalue weighted by atomic mass is 19.4. The van der Waals surface area contributed by atoms with Gasteiger partial charge in [-0.1, -0.05) is 18.2 Å². The van der Waals surface area contributed by atoms with Crippen LogP contribution in [0.3, 0.4) is 0 Å². The number of alkyl halides is 3. The van der Waals surface area contributed by atoms with Crippen LogP contribution in [0, 0.1) is 6.92 Å². The van der Waals surface area contributed by atoms with Gasteiger partial charge in [0.2, 0.25) is 17.7 Å². The van der Waals surface area contributed by atoms with Gasteiger partial charge >= 0.3 is 6.36 Å². The first kappa shape index (κ1) is 19.5. The second-order valence-electron chi connectivity index (χ2n) is 6.43. The fourth-order valence-electron chi connectivity index (χ4n) is 3.05. The Bertz CT molecular complexity index is 1200. The number of hydrogen-bond donors (Lipinski definition) is 1. The molecule has 2 aromatic carbocycles. The van der Waals surface area contributed by atoms with Gasteiger partial charge in [-0.05, 0) is 30.3 Å². The number of halogens is 3. The van der Waals surface area contributed by atoms with E-state index in [0.29, 0.717) is 23.0 Å². The Labute approximate surface area is 168 Å². The molecule has 154 valence electrons. The Balaban J connectivity index is 1.52. The number of nitrogens with one attached hydrogen (secondary N) is 1. The zero-order valence-electron chi connectivity index (χ0n) is 15.6. The van der Waals surface area contributed by atoms with Crippen molar-refractivity contribution in [3.63, 3.8) is 0 Å². The molecule has 0 unspecified atom stereocenters. The van der Waals surface area contributed by atoms with Crippen molar-refractivity contribution in [2.24, 2.45) is 0 Å². The van der Waals surface area contributed by atoms with E-state index in [1.165, 1.54) is 12.1 Å². The Morgan fingerprint density at radius 2 is 1.87 bits per heavy atom. The van der Waals surface area contributed by atoms with Gasteiger partial charge in [-0.25, -0.2) is 0 Å². The van der Waals surface area contributed by atoms with E-state index in [9.17, 15) is 18.0 Å². The number of carbonyl (C=O) groups excluding carboxylic acids is 1. The number of aryl methyl sites for hydroxylation is 1. The number of anilines is 1. The lowest BCUT2D eigenvalue weighted by molar-refractivity contribution is -0.274. The summed E-state index contributed by atoms with van der Waals surface area (Å²) >= 11 is 0. The normalized spacial score (nSPS) is 11.6. The fourth-order valence-corrected chi connectivity index (χ4v) is 3.05. The van der Waals surface area contributed by atoms with E-state index in [2.05, 4.69) is 20.3 Å². The predicted octanol–water partition coefficient (Wildman–Crippen LogP) is 4.54. The van der Waals surface area contributed by atoms with Crippen LogP contribution in [0.4, 0.5) is 18.9 Å². The Kier molecular flexibility index (Phi) is 4.90. The van der Waals surface area contributed by atoms with Gasteiger partial charge in [-0.3, -0.25) is 4.79 Å². The van der Waals surface area contributed by atoms with E-state index in [-0.39, 0.29) is 18.2 Å². The van der Waals surface area contributed by atoms with Gasteiger partial charge in [-0.15, -0.1) is 23.4 Å². The van der Waals surface area contributed by atoms with Gasteiger partial charge < -0.3 is 19.0 Å². The van der Waals surface area contributed by atoms with Gasteiger partial charge in [0, 0.05) is 29.7 Å². The van der Waals surface area contributed by atoms with Crippen molar-refractivity contribution < 1.29 is 27.1 Å². The second kappa shape index (κ2) is 7.54. The van der Waals surface area contributed by atoms with Crippen molar-refractivity contribution in [3.8, 4) is 17.2 Å². The molecular weight excluding hydrogens is 401 g/mol. The van der Waals surface area contributed by atoms with Crippen molar-refractivity contribution in [1.29, 1.82) is 0 Å². The molecule has 0 spiro atoms. The number of aromatic nitrogens is 3. The summed E-state index contributed by atoms with van der Waals surface area (Å²) < 4.78 is 47.8. The molecule has 0 saturated heterocycles.